The van der Waals surface area contributed by atoms with E-state index in [-0.39, 0.29) is 12.5 Å². The van der Waals surface area contributed by atoms with Crippen LogP contribution in [-0.4, -0.2) is 16.7 Å². The maximum absolute atomic E-state index is 9.06. The number of aromatic nitrogens is 1. The first-order valence-electron chi connectivity index (χ1n) is 4.38. The van der Waals surface area contributed by atoms with E-state index >= 15 is 0 Å². The molecule has 1 fully saturated rings. The Hall–Kier alpha value is -1.11. The molecule has 1 saturated carbocycles. The molecule has 0 spiro atoms. The summed E-state index contributed by atoms with van der Waals surface area (Å²) in [5, 5.41) is 18.4. The van der Waals surface area contributed by atoms with Crippen molar-refractivity contribution < 1.29 is 5.11 Å². The van der Waals surface area contributed by atoms with Gasteiger partial charge < -0.3 is 5.11 Å². The number of hydrogen-bond donors (Lipinski definition) is 1. The molecule has 2 atom stereocenters. The minimum atomic E-state index is -0.598. The molecule has 1 aromatic heterocycles. The fourth-order valence-corrected chi connectivity index (χ4v) is 1.88. The molecule has 0 aliphatic heterocycles. The van der Waals surface area contributed by atoms with Crippen molar-refractivity contribution in [1.29, 1.82) is 5.26 Å². The highest BCUT2D eigenvalue weighted by Gasteiger charge is 2.57. The van der Waals surface area contributed by atoms with Crippen LogP contribution in [0.25, 0.3) is 0 Å². The minimum absolute atomic E-state index is 0.0125. The number of pyridine rings is 1. The number of nitrogens with zero attached hydrogens (tertiary/aromatic N) is 2. The molecule has 72 valence electrons. The molecule has 0 unspecified atom stereocenters. The summed E-state index contributed by atoms with van der Waals surface area (Å²) in [4.78, 5) is 4.11. The number of aliphatic hydroxyl groups is 1. The molecule has 1 N–H and O–H groups in total. The summed E-state index contributed by atoms with van der Waals surface area (Å²) in [5.74, 6) is 0.0125. The minimum Gasteiger partial charge on any atom is -0.396 e. The monoisotopic (exact) mass is 208 g/mol. The lowest BCUT2D eigenvalue weighted by molar-refractivity contribution is 0.269. The third-order valence-corrected chi connectivity index (χ3v) is 2.91. The van der Waals surface area contributed by atoms with Crippen molar-refractivity contribution in [3.8, 4) is 6.07 Å². The zero-order valence-corrected chi connectivity index (χ0v) is 8.20. The normalized spacial score (nSPS) is 29.6. The third kappa shape index (κ3) is 1.28. The zero-order valence-electron chi connectivity index (χ0n) is 7.44. The molecular formula is C10H9ClN2O. The van der Waals surface area contributed by atoms with E-state index in [0.29, 0.717) is 17.3 Å². The van der Waals surface area contributed by atoms with Gasteiger partial charge in [0, 0.05) is 12.5 Å². The first-order chi connectivity index (χ1) is 6.73. The van der Waals surface area contributed by atoms with E-state index < -0.39 is 5.41 Å². The average molecular weight is 209 g/mol. The van der Waals surface area contributed by atoms with Gasteiger partial charge in [-0.3, -0.25) is 0 Å². The summed E-state index contributed by atoms with van der Waals surface area (Å²) in [5.41, 5.74) is 0.0752. The number of aliphatic hydroxyl groups excluding tert-OH is 1. The van der Waals surface area contributed by atoms with Gasteiger partial charge in [0.25, 0.3) is 0 Å². The quantitative estimate of drug-likeness (QED) is 0.750. The topological polar surface area (TPSA) is 56.9 Å². The van der Waals surface area contributed by atoms with Crippen LogP contribution in [0.4, 0.5) is 0 Å². The molecule has 0 amide bonds. The Balaban J connectivity index is 2.36. The maximum Gasteiger partial charge on any atom is 0.129 e. The van der Waals surface area contributed by atoms with Crippen molar-refractivity contribution in [2.75, 3.05) is 6.61 Å². The van der Waals surface area contributed by atoms with Crippen molar-refractivity contribution in [3.63, 3.8) is 0 Å². The van der Waals surface area contributed by atoms with Gasteiger partial charge in [0.15, 0.2) is 0 Å². The van der Waals surface area contributed by atoms with Crippen LogP contribution in [0.1, 0.15) is 12.1 Å². The maximum atomic E-state index is 9.06. The molecular weight excluding hydrogens is 200 g/mol. The fraction of sp³-hybridized carbons (Fsp3) is 0.400. The van der Waals surface area contributed by atoms with Gasteiger partial charge in [-0.05, 0) is 18.6 Å². The Kier molecular flexibility index (Phi) is 2.18. The highest BCUT2D eigenvalue weighted by molar-refractivity contribution is 6.29. The van der Waals surface area contributed by atoms with Crippen LogP contribution < -0.4 is 0 Å². The van der Waals surface area contributed by atoms with Gasteiger partial charge in [0.1, 0.15) is 10.6 Å². The van der Waals surface area contributed by atoms with E-state index in [1.54, 1.807) is 18.2 Å². The SMILES string of the molecule is N#C[C@]1(c2cccc(Cl)n2)C[C@@H]1CO. The molecule has 3 nitrogen and oxygen atoms in total. The van der Waals surface area contributed by atoms with E-state index in [9.17, 15) is 0 Å². The zero-order chi connectivity index (χ0) is 10.2. The van der Waals surface area contributed by atoms with E-state index in [4.69, 9.17) is 22.0 Å². The van der Waals surface area contributed by atoms with Gasteiger partial charge in [-0.2, -0.15) is 5.26 Å². The van der Waals surface area contributed by atoms with Crippen LogP contribution in [0.5, 0.6) is 0 Å². The van der Waals surface area contributed by atoms with Crippen molar-refractivity contribution in [1.82, 2.24) is 4.98 Å². The fourth-order valence-electron chi connectivity index (χ4n) is 1.71. The molecule has 2 rings (SSSR count). The van der Waals surface area contributed by atoms with Crippen molar-refractivity contribution in [2.45, 2.75) is 11.8 Å². The Morgan fingerprint density at radius 3 is 3.00 bits per heavy atom. The molecule has 0 bridgehead atoms. The first kappa shape index (κ1) is 9.45. The van der Waals surface area contributed by atoms with Crippen molar-refractivity contribution in [2.24, 2.45) is 5.92 Å². The summed E-state index contributed by atoms with van der Waals surface area (Å²) in [6.07, 6.45) is 0.674. The smallest absolute Gasteiger partial charge is 0.129 e. The Bertz CT molecular complexity index is 401. The summed E-state index contributed by atoms with van der Waals surface area (Å²) in [6.45, 7) is 0.0295. The number of nitriles is 1. The van der Waals surface area contributed by atoms with Crippen LogP contribution >= 0.6 is 11.6 Å². The van der Waals surface area contributed by atoms with E-state index in [1.165, 1.54) is 0 Å². The summed E-state index contributed by atoms with van der Waals surface area (Å²) >= 11 is 5.74. The van der Waals surface area contributed by atoms with E-state index in [2.05, 4.69) is 11.1 Å². The summed E-state index contributed by atoms with van der Waals surface area (Å²) in [7, 11) is 0. The average Bonchev–Trinajstić information content (AvgIpc) is 2.93. The highest BCUT2D eigenvalue weighted by Crippen LogP contribution is 2.52. The van der Waals surface area contributed by atoms with E-state index in [1.807, 2.05) is 0 Å². The van der Waals surface area contributed by atoms with Gasteiger partial charge in [-0.15, -0.1) is 0 Å². The molecule has 14 heavy (non-hydrogen) atoms. The molecule has 1 heterocycles. The number of rotatable bonds is 2. The predicted octanol–water partition coefficient (Wildman–Crippen LogP) is 1.51. The lowest BCUT2D eigenvalue weighted by Crippen LogP contribution is -2.11. The summed E-state index contributed by atoms with van der Waals surface area (Å²) in [6, 6.07) is 7.45. The first-order valence-corrected chi connectivity index (χ1v) is 4.76. The Morgan fingerprint density at radius 1 is 1.71 bits per heavy atom. The second-order valence-corrected chi connectivity index (χ2v) is 3.90. The molecule has 1 aliphatic rings. The van der Waals surface area contributed by atoms with Crippen LogP contribution in [-0.2, 0) is 5.41 Å². The van der Waals surface area contributed by atoms with Gasteiger partial charge in [-0.25, -0.2) is 4.98 Å². The second-order valence-electron chi connectivity index (χ2n) is 3.51. The van der Waals surface area contributed by atoms with Gasteiger partial charge >= 0.3 is 0 Å². The summed E-state index contributed by atoms with van der Waals surface area (Å²) < 4.78 is 0. The van der Waals surface area contributed by atoms with Gasteiger partial charge in [0.05, 0.1) is 11.8 Å². The second kappa shape index (κ2) is 3.23. The molecule has 1 aliphatic carbocycles. The number of hydrogen-bond acceptors (Lipinski definition) is 3. The third-order valence-electron chi connectivity index (χ3n) is 2.70. The molecule has 0 aromatic carbocycles. The predicted molar refractivity (Wildman–Crippen MR) is 51.7 cm³/mol. The molecule has 4 heteroatoms. The van der Waals surface area contributed by atoms with Gasteiger partial charge in [-0.1, -0.05) is 17.7 Å². The highest BCUT2D eigenvalue weighted by atomic mass is 35.5. The van der Waals surface area contributed by atoms with Crippen LogP contribution in [0.2, 0.25) is 5.15 Å². The van der Waals surface area contributed by atoms with Crippen molar-refractivity contribution >= 4 is 11.6 Å². The van der Waals surface area contributed by atoms with Crippen molar-refractivity contribution in [3.05, 3.63) is 29.0 Å². The molecule has 0 radical (unpaired) electrons. The standard InChI is InChI=1S/C10H9ClN2O/c11-9-3-1-2-8(13-9)10(6-12)4-7(10)5-14/h1-3,7,14H,4-5H2/t7-,10-/m1/s1. The van der Waals surface area contributed by atoms with Crippen LogP contribution in [0, 0.1) is 17.2 Å². The van der Waals surface area contributed by atoms with E-state index in [0.717, 1.165) is 0 Å². The van der Waals surface area contributed by atoms with Crippen LogP contribution in [0.15, 0.2) is 18.2 Å². The largest absolute Gasteiger partial charge is 0.396 e. The Morgan fingerprint density at radius 2 is 2.50 bits per heavy atom. The lowest BCUT2D eigenvalue weighted by atomic mass is 10.0. The molecule has 1 aromatic rings. The molecule has 0 saturated heterocycles. The van der Waals surface area contributed by atoms with Crippen LogP contribution in [0.3, 0.4) is 0 Å². The number of halogens is 1. The lowest BCUT2D eigenvalue weighted by Gasteiger charge is -2.06. The van der Waals surface area contributed by atoms with Gasteiger partial charge in [0.2, 0.25) is 0 Å². The Labute approximate surface area is 87.0 Å².